The molecule has 144 valence electrons. The molecule has 0 spiro atoms. The number of ether oxygens (including phenoxy) is 1. The van der Waals surface area contributed by atoms with Crippen LogP contribution in [0.3, 0.4) is 0 Å². The Kier molecular flexibility index (Phi) is 5.21. The highest BCUT2D eigenvalue weighted by Gasteiger charge is 2.20. The molecule has 4 rings (SSSR count). The Morgan fingerprint density at radius 3 is 3.11 bits per heavy atom. The third-order valence-electron chi connectivity index (χ3n) is 4.75. The van der Waals surface area contributed by atoms with Crippen LogP contribution in [0, 0.1) is 0 Å². The van der Waals surface area contributed by atoms with Crippen LogP contribution in [0.2, 0.25) is 0 Å². The number of hydrogen-bond acceptors (Lipinski definition) is 6. The number of thiophene rings is 1. The molecular formula is C20H20N4O3S. The summed E-state index contributed by atoms with van der Waals surface area (Å²) in [7, 11) is 1.59. The Labute approximate surface area is 165 Å². The van der Waals surface area contributed by atoms with Gasteiger partial charge in [-0.1, -0.05) is 12.1 Å². The van der Waals surface area contributed by atoms with Crippen LogP contribution < -0.4 is 15.7 Å². The van der Waals surface area contributed by atoms with Crippen molar-refractivity contribution in [3.8, 4) is 5.75 Å². The molecule has 0 fully saturated rings. The van der Waals surface area contributed by atoms with Crippen molar-refractivity contribution in [3.63, 3.8) is 0 Å². The summed E-state index contributed by atoms with van der Waals surface area (Å²) >= 11 is 1.60. The highest BCUT2D eigenvalue weighted by Crippen LogP contribution is 2.33. The molecule has 7 nitrogen and oxygen atoms in total. The van der Waals surface area contributed by atoms with Gasteiger partial charge >= 0.3 is 0 Å². The molecule has 8 heteroatoms. The minimum Gasteiger partial charge on any atom is -0.497 e. The number of hydrogen-bond donors (Lipinski definition) is 1. The molecule has 0 saturated heterocycles. The summed E-state index contributed by atoms with van der Waals surface area (Å²) in [6.07, 6.45) is 7.13. The smallest absolute Gasteiger partial charge is 0.262 e. The predicted octanol–water partition coefficient (Wildman–Crippen LogP) is 2.50. The van der Waals surface area contributed by atoms with E-state index in [2.05, 4.69) is 15.5 Å². The molecule has 0 bridgehead atoms. The van der Waals surface area contributed by atoms with E-state index in [4.69, 9.17) is 4.74 Å². The summed E-state index contributed by atoms with van der Waals surface area (Å²) in [5, 5.41) is 4.63. The van der Waals surface area contributed by atoms with Gasteiger partial charge in [0.15, 0.2) is 0 Å². The van der Waals surface area contributed by atoms with Crippen LogP contribution in [0.4, 0.5) is 0 Å². The second-order valence-electron chi connectivity index (χ2n) is 6.64. The van der Waals surface area contributed by atoms with E-state index in [1.807, 2.05) is 18.2 Å². The van der Waals surface area contributed by atoms with E-state index in [1.54, 1.807) is 24.5 Å². The first kappa shape index (κ1) is 18.4. The third-order valence-corrected chi connectivity index (χ3v) is 5.95. The molecule has 0 radical (unpaired) electrons. The normalized spacial score (nSPS) is 13.6. The Bertz CT molecular complexity index is 1120. The number of amides is 1. The first-order valence-electron chi connectivity index (χ1n) is 9.11. The van der Waals surface area contributed by atoms with Crippen LogP contribution in [-0.2, 0) is 24.2 Å². The van der Waals surface area contributed by atoms with Crippen LogP contribution in [0.15, 0.2) is 40.5 Å². The zero-order valence-electron chi connectivity index (χ0n) is 15.5. The van der Waals surface area contributed by atoms with Gasteiger partial charge in [-0.2, -0.15) is 5.10 Å². The fraction of sp³-hybridized carbons (Fsp3) is 0.300. The lowest BCUT2D eigenvalue weighted by Gasteiger charge is -2.10. The standard InChI is InChI=1S/C20H20N4O3S/c1-27-14-6-4-5-13(9-14)10-22-23-17(25)11-24-12-21-19-18(20(24)26)15-7-2-3-8-16(15)28-19/h4-6,9-10,12H,2-3,7-8,11H2,1H3,(H,23,25)/b22-10-. The van der Waals surface area contributed by atoms with Crippen LogP contribution in [-0.4, -0.2) is 28.8 Å². The van der Waals surface area contributed by atoms with Crippen LogP contribution in [0.1, 0.15) is 28.8 Å². The van der Waals surface area contributed by atoms with E-state index < -0.39 is 0 Å². The van der Waals surface area contributed by atoms with Crippen LogP contribution in [0.25, 0.3) is 10.2 Å². The molecule has 1 aliphatic carbocycles. The summed E-state index contributed by atoms with van der Waals surface area (Å²) in [4.78, 5) is 31.5. The summed E-state index contributed by atoms with van der Waals surface area (Å²) in [6, 6.07) is 7.32. The molecule has 0 unspecified atom stereocenters. The first-order valence-corrected chi connectivity index (χ1v) is 9.93. The van der Waals surface area contributed by atoms with Crippen molar-refractivity contribution in [1.29, 1.82) is 0 Å². The van der Waals surface area contributed by atoms with Crippen LogP contribution in [0.5, 0.6) is 5.75 Å². The Morgan fingerprint density at radius 2 is 2.25 bits per heavy atom. The monoisotopic (exact) mass is 396 g/mol. The average Bonchev–Trinajstić information content (AvgIpc) is 3.09. The van der Waals surface area contributed by atoms with Crippen molar-refractivity contribution in [2.45, 2.75) is 32.2 Å². The fourth-order valence-electron chi connectivity index (χ4n) is 3.38. The zero-order valence-corrected chi connectivity index (χ0v) is 16.3. The van der Waals surface area contributed by atoms with Crippen LogP contribution >= 0.6 is 11.3 Å². The van der Waals surface area contributed by atoms with Crippen molar-refractivity contribution in [1.82, 2.24) is 15.0 Å². The Morgan fingerprint density at radius 1 is 1.39 bits per heavy atom. The number of aryl methyl sites for hydroxylation is 2. The number of hydrazone groups is 1. The second kappa shape index (κ2) is 7.93. The fourth-order valence-corrected chi connectivity index (χ4v) is 4.60. The van der Waals surface area contributed by atoms with Gasteiger partial charge in [0.2, 0.25) is 0 Å². The van der Waals surface area contributed by atoms with E-state index in [0.717, 1.165) is 41.6 Å². The largest absolute Gasteiger partial charge is 0.497 e. The molecule has 28 heavy (non-hydrogen) atoms. The van der Waals surface area contributed by atoms with Gasteiger partial charge in [-0.25, -0.2) is 10.4 Å². The number of aromatic nitrogens is 2. The highest BCUT2D eigenvalue weighted by molar-refractivity contribution is 7.18. The number of nitrogens with zero attached hydrogens (tertiary/aromatic N) is 3. The van der Waals surface area contributed by atoms with E-state index in [0.29, 0.717) is 11.1 Å². The SMILES string of the molecule is COc1cccc(/C=N\NC(=O)Cn2cnc3sc4c(c3c2=O)CCCC4)c1. The number of benzene rings is 1. The molecule has 2 heterocycles. The van der Waals surface area contributed by atoms with Gasteiger partial charge in [-0.3, -0.25) is 14.2 Å². The maximum atomic E-state index is 12.9. The van der Waals surface area contributed by atoms with E-state index in [-0.39, 0.29) is 18.0 Å². The number of methoxy groups -OCH3 is 1. The van der Waals surface area contributed by atoms with Crippen molar-refractivity contribution < 1.29 is 9.53 Å². The lowest BCUT2D eigenvalue weighted by atomic mass is 9.97. The number of fused-ring (bicyclic) bond motifs is 3. The number of carbonyl (C=O) groups is 1. The molecule has 2 aromatic heterocycles. The molecule has 0 atom stereocenters. The second-order valence-corrected chi connectivity index (χ2v) is 7.72. The van der Waals surface area contributed by atoms with Gasteiger partial charge in [0.25, 0.3) is 11.5 Å². The lowest BCUT2D eigenvalue weighted by molar-refractivity contribution is -0.121. The first-order chi connectivity index (χ1) is 13.7. The minimum absolute atomic E-state index is 0.123. The number of nitrogens with one attached hydrogen (secondary N) is 1. The van der Waals surface area contributed by atoms with Gasteiger partial charge < -0.3 is 4.74 Å². The summed E-state index contributed by atoms with van der Waals surface area (Å²) in [5.74, 6) is 0.326. The van der Waals surface area contributed by atoms with E-state index in [9.17, 15) is 9.59 Å². The van der Waals surface area contributed by atoms with Gasteiger partial charge in [-0.05, 0) is 48.9 Å². The summed E-state index contributed by atoms with van der Waals surface area (Å²) < 4.78 is 6.50. The maximum Gasteiger partial charge on any atom is 0.262 e. The average molecular weight is 396 g/mol. The molecule has 1 amide bonds. The lowest BCUT2D eigenvalue weighted by Crippen LogP contribution is -2.30. The molecule has 3 aromatic rings. The van der Waals surface area contributed by atoms with Crippen molar-refractivity contribution in [3.05, 3.63) is 57.0 Å². The van der Waals surface area contributed by atoms with Gasteiger partial charge in [0.1, 0.15) is 17.1 Å². The maximum absolute atomic E-state index is 12.9. The topological polar surface area (TPSA) is 85.6 Å². The predicted molar refractivity (Wildman–Crippen MR) is 109 cm³/mol. The zero-order chi connectivity index (χ0) is 19.5. The third kappa shape index (κ3) is 3.68. The molecule has 1 aliphatic rings. The molecule has 0 aliphatic heterocycles. The van der Waals surface area contributed by atoms with E-state index in [1.165, 1.54) is 22.0 Å². The van der Waals surface area contributed by atoms with Crippen molar-refractivity contribution >= 4 is 33.7 Å². The molecule has 0 saturated carbocycles. The van der Waals surface area contributed by atoms with Gasteiger partial charge in [-0.15, -0.1) is 11.3 Å². The number of carbonyl (C=O) groups excluding carboxylic acids is 1. The quantitative estimate of drug-likeness (QED) is 0.530. The number of rotatable bonds is 5. The summed E-state index contributed by atoms with van der Waals surface area (Å²) in [6.45, 7) is -0.123. The molecule has 1 N–H and O–H groups in total. The molecule has 1 aromatic carbocycles. The Balaban J connectivity index is 1.48. The van der Waals surface area contributed by atoms with Gasteiger partial charge in [0, 0.05) is 4.88 Å². The summed E-state index contributed by atoms with van der Waals surface area (Å²) in [5.41, 5.74) is 4.21. The van der Waals surface area contributed by atoms with E-state index >= 15 is 0 Å². The van der Waals surface area contributed by atoms with Crippen molar-refractivity contribution in [2.24, 2.45) is 5.10 Å². The van der Waals surface area contributed by atoms with Gasteiger partial charge in [0.05, 0.1) is 25.0 Å². The molecular weight excluding hydrogens is 376 g/mol. The minimum atomic E-state index is -0.383. The highest BCUT2D eigenvalue weighted by atomic mass is 32.1. The Hall–Kier alpha value is -3.00. The van der Waals surface area contributed by atoms with Crippen molar-refractivity contribution in [2.75, 3.05) is 7.11 Å².